The molecule has 0 amide bonds. The second kappa shape index (κ2) is 2.09. The van der Waals surface area contributed by atoms with Crippen molar-refractivity contribution in [1.29, 1.82) is 0 Å². The zero-order valence-corrected chi connectivity index (χ0v) is 7.73. The van der Waals surface area contributed by atoms with Crippen LogP contribution in [0.5, 0.6) is 0 Å². The van der Waals surface area contributed by atoms with Crippen LogP contribution in [0.3, 0.4) is 0 Å². The van der Waals surface area contributed by atoms with E-state index in [0.29, 0.717) is 13.1 Å². The molecule has 1 spiro atoms. The predicted octanol–water partition coefficient (Wildman–Crippen LogP) is -0.942. The average Bonchev–Trinajstić information content (AvgIpc) is 2.11. The average molecular weight is 189 g/mol. The minimum atomic E-state index is -3.12. The van der Waals surface area contributed by atoms with Gasteiger partial charge in [0.1, 0.15) is 0 Å². The van der Waals surface area contributed by atoms with E-state index < -0.39 is 14.6 Å². The lowest BCUT2D eigenvalue weighted by atomic mass is 9.94. The highest BCUT2D eigenvalue weighted by Crippen LogP contribution is 2.36. The second-order valence-corrected chi connectivity index (χ2v) is 6.08. The van der Waals surface area contributed by atoms with Crippen LogP contribution >= 0.6 is 0 Å². The number of hydrogen-bond donors (Lipinski definition) is 0. The topological polar surface area (TPSA) is 54.5 Å². The number of hydrogen-bond acceptors (Lipinski definition) is 4. The molecule has 2 heterocycles. The summed E-state index contributed by atoms with van der Waals surface area (Å²) in [5.41, 5.74) is 0. The molecule has 2 fully saturated rings. The fourth-order valence-electron chi connectivity index (χ4n) is 2.02. The molecule has 0 aromatic carbocycles. The molecule has 2 aliphatic rings. The molecule has 5 heteroatoms. The van der Waals surface area contributed by atoms with Gasteiger partial charge in [0, 0.05) is 19.5 Å². The van der Waals surface area contributed by atoms with Crippen LogP contribution in [-0.4, -0.2) is 49.7 Å². The molecule has 0 atom stereocenters. The van der Waals surface area contributed by atoms with E-state index in [1.54, 1.807) is 0 Å². The first-order valence-electron chi connectivity index (χ1n) is 3.92. The van der Waals surface area contributed by atoms with Gasteiger partial charge in [-0.2, -0.15) is 0 Å². The van der Waals surface area contributed by atoms with Gasteiger partial charge >= 0.3 is 0 Å². The first-order valence-corrected chi connectivity index (χ1v) is 5.57. The van der Waals surface area contributed by atoms with Crippen LogP contribution in [0.15, 0.2) is 0 Å². The van der Waals surface area contributed by atoms with E-state index in [4.69, 9.17) is 0 Å². The Hall–Kier alpha value is -0.420. The quantitative estimate of drug-likeness (QED) is 0.493. The lowest BCUT2D eigenvalue weighted by molar-refractivity contribution is -0.124. The third-order valence-corrected chi connectivity index (χ3v) is 5.17. The number of carbonyl (C=O) groups excluding carboxylic acids is 1. The highest BCUT2D eigenvalue weighted by Gasteiger charge is 2.60. The maximum Gasteiger partial charge on any atom is 0.166 e. The van der Waals surface area contributed by atoms with Crippen molar-refractivity contribution in [1.82, 2.24) is 4.90 Å². The van der Waals surface area contributed by atoms with Crippen LogP contribution in [0.1, 0.15) is 6.42 Å². The number of likely N-dealkylation sites (tertiary alicyclic amines) is 1. The van der Waals surface area contributed by atoms with Crippen LogP contribution in [0.25, 0.3) is 0 Å². The monoisotopic (exact) mass is 189 g/mol. The zero-order valence-electron chi connectivity index (χ0n) is 6.91. The lowest BCUT2D eigenvalue weighted by Gasteiger charge is -2.43. The maximum atomic E-state index is 11.5. The van der Waals surface area contributed by atoms with Crippen molar-refractivity contribution in [3.8, 4) is 0 Å². The summed E-state index contributed by atoms with van der Waals surface area (Å²) in [4.78, 5) is 13.2. The van der Waals surface area contributed by atoms with Crippen LogP contribution in [0.2, 0.25) is 0 Å². The van der Waals surface area contributed by atoms with Crippen molar-refractivity contribution in [2.24, 2.45) is 0 Å². The fraction of sp³-hybridized carbons (Fsp3) is 0.857. The Bertz CT molecular complexity index is 327. The van der Waals surface area contributed by atoms with E-state index in [2.05, 4.69) is 0 Å². The third kappa shape index (κ3) is 0.754. The number of rotatable bonds is 0. The van der Waals surface area contributed by atoms with E-state index in [-0.39, 0.29) is 18.0 Å². The molecule has 0 N–H and O–H groups in total. The third-order valence-electron chi connectivity index (χ3n) is 2.75. The van der Waals surface area contributed by atoms with E-state index >= 15 is 0 Å². The van der Waals surface area contributed by atoms with Crippen molar-refractivity contribution in [3.63, 3.8) is 0 Å². The molecule has 2 rings (SSSR count). The molecule has 0 saturated carbocycles. The number of ketones is 1. The van der Waals surface area contributed by atoms with E-state index in [1.165, 1.54) is 0 Å². The van der Waals surface area contributed by atoms with Gasteiger partial charge in [-0.25, -0.2) is 8.42 Å². The first kappa shape index (κ1) is 8.19. The SMILES string of the molecule is CN1CC2(C1)C(=O)CCS2(=O)=O. The standard InChI is InChI=1S/C7H11NO3S/c1-8-4-7(5-8)6(9)2-3-12(7,10)11/h2-5H2,1H3. The van der Waals surface area contributed by atoms with E-state index in [0.717, 1.165) is 0 Å². The van der Waals surface area contributed by atoms with Crippen LogP contribution < -0.4 is 0 Å². The minimum Gasteiger partial charge on any atom is -0.302 e. The molecule has 0 aromatic heterocycles. The molecule has 2 saturated heterocycles. The van der Waals surface area contributed by atoms with Crippen molar-refractivity contribution < 1.29 is 13.2 Å². The molecule has 0 aromatic rings. The molecule has 12 heavy (non-hydrogen) atoms. The van der Waals surface area contributed by atoms with Gasteiger partial charge in [0.2, 0.25) is 0 Å². The predicted molar refractivity (Wildman–Crippen MR) is 43.6 cm³/mol. The van der Waals surface area contributed by atoms with Gasteiger partial charge in [-0.1, -0.05) is 0 Å². The highest BCUT2D eigenvalue weighted by molar-refractivity contribution is 7.94. The van der Waals surface area contributed by atoms with Crippen LogP contribution in [-0.2, 0) is 14.6 Å². The maximum absolute atomic E-state index is 11.5. The van der Waals surface area contributed by atoms with E-state index in [9.17, 15) is 13.2 Å². The van der Waals surface area contributed by atoms with Gasteiger partial charge in [0.15, 0.2) is 20.4 Å². The lowest BCUT2D eigenvalue weighted by Crippen LogP contribution is -2.65. The van der Waals surface area contributed by atoms with Crippen LogP contribution in [0.4, 0.5) is 0 Å². The Morgan fingerprint density at radius 2 is 2.00 bits per heavy atom. The summed E-state index contributed by atoms with van der Waals surface area (Å²) in [5.74, 6) is -0.0275. The molecule has 0 bridgehead atoms. The summed E-state index contributed by atoms with van der Waals surface area (Å²) < 4.78 is 22.0. The smallest absolute Gasteiger partial charge is 0.166 e. The first-order chi connectivity index (χ1) is 5.48. The summed E-state index contributed by atoms with van der Waals surface area (Å²) in [6.45, 7) is 0.794. The van der Waals surface area contributed by atoms with Crippen LogP contribution in [0, 0.1) is 0 Å². The zero-order chi connectivity index (χ0) is 8.98. The summed E-state index contributed by atoms with van der Waals surface area (Å²) in [6, 6.07) is 0. The molecule has 0 unspecified atom stereocenters. The molecule has 4 nitrogen and oxygen atoms in total. The molecule has 0 aliphatic carbocycles. The molecule has 0 radical (unpaired) electrons. The van der Waals surface area contributed by atoms with Crippen molar-refractivity contribution in [2.45, 2.75) is 11.2 Å². The number of carbonyl (C=O) groups is 1. The highest BCUT2D eigenvalue weighted by atomic mass is 32.2. The largest absolute Gasteiger partial charge is 0.302 e. The molecular weight excluding hydrogens is 178 g/mol. The number of nitrogens with zero attached hydrogens (tertiary/aromatic N) is 1. The summed E-state index contributed by atoms with van der Waals surface area (Å²) >= 11 is 0. The summed E-state index contributed by atoms with van der Waals surface area (Å²) in [6.07, 6.45) is 0.218. The summed E-state index contributed by atoms with van der Waals surface area (Å²) in [7, 11) is -1.30. The van der Waals surface area contributed by atoms with Gasteiger partial charge in [-0.3, -0.25) is 4.79 Å². The molecular formula is C7H11NO3S. The van der Waals surface area contributed by atoms with Gasteiger partial charge in [0.25, 0.3) is 0 Å². The van der Waals surface area contributed by atoms with Gasteiger partial charge < -0.3 is 4.90 Å². The Balaban J connectivity index is 2.40. The van der Waals surface area contributed by atoms with Gasteiger partial charge in [-0.05, 0) is 7.05 Å². The Kier molecular flexibility index (Phi) is 1.42. The minimum absolute atomic E-state index is 0.0552. The van der Waals surface area contributed by atoms with Gasteiger partial charge in [-0.15, -0.1) is 0 Å². The normalized spacial score (nSPS) is 32.2. The van der Waals surface area contributed by atoms with E-state index in [1.807, 2.05) is 11.9 Å². The van der Waals surface area contributed by atoms with Crippen molar-refractivity contribution in [2.75, 3.05) is 25.9 Å². The number of sulfone groups is 1. The van der Waals surface area contributed by atoms with Crippen molar-refractivity contribution in [3.05, 3.63) is 0 Å². The Morgan fingerprint density at radius 3 is 2.33 bits per heavy atom. The fourth-order valence-corrected chi connectivity index (χ4v) is 4.15. The molecule has 2 aliphatic heterocycles. The Morgan fingerprint density at radius 1 is 1.42 bits per heavy atom. The molecule has 68 valence electrons. The summed E-state index contributed by atoms with van der Waals surface area (Å²) in [5, 5.41) is 0. The second-order valence-electron chi connectivity index (χ2n) is 3.66. The van der Waals surface area contributed by atoms with Gasteiger partial charge in [0.05, 0.1) is 5.75 Å². The van der Waals surface area contributed by atoms with Crippen molar-refractivity contribution >= 4 is 15.6 Å². The number of Topliss-reactive ketones (excluding diaryl/α,β-unsaturated/α-hetero) is 1. The Labute approximate surface area is 71.5 Å².